The Bertz CT molecular complexity index is 1100. The summed E-state index contributed by atoms with van der Waals surface area (Å²) in [6, 6.07) is 22.9. The zero-order valence-corrected chi connectivity index (χ0v) is 17.3. The van der Waals surface area contributed by atoms with Crippen LogP contribution in [0.1, 0.15) is 11.7 Å². The van der Waals surface area contributed by atoms with Gasteiger partial charge in [0.05, 0.1) is 19.1 Å². The molecule has 30 heavy (non-hydrogen) atoms. The number of sulfonamides is 1. The minimum Gasteiger partial charge on any atom is -0.494 e. The number of hydrogen-bond acceptors (Lipinski definition) is 5. The largest absolute Gasteiger partial charge is 0.494 e. The highest BCUT2D eigenvalue weighted by Crippen LogP contribution is 2.30. The summed E-state index contributed by atoms with van der Waals surface area (Å²) < 4.78 is 36.6. The monoisotopic (exact) mass is 426 g/mol. The zero-order chi connectivity index (χ0) is 21.6. The molecule has 2 N–H and O–H groups in total. The van der Waals surface area contributed by atoms with E-state index in [1.165, 1.54) is 19.2 Å². The third kappa shape index (κ3) is 5.74. The van der Waals surface area contributed by atoms with E-state index < -0.39 is 16.1 Å². The number of para-hydroxylation sites is 1. The van der Waals surface area contributed by atoms with Gasteiger partial charge in [0.1, 0.15) is 11.5 Å². The van der Waals surface area contributed by atoms with Gasteiger partial charge in [-0.05, 0) is 24.3 Å². The first-order valence-corrected chi connectivity index (χ1v) is 11.0. The number of rotatable bonds is 8. The van der Waals surface area contributed by atoms with E-state index in [-0.39, 0.29) is 17.3 Å². The molecule has 1 atom stereocenters. The second kappa shape index (κ2) is 9.32. The molecular formula is C22H22N2O5S. The SMILES string of the molecule is COc1cc(NC(=O)C(Oc2ccccc2)c2ccccc2)ccc1NS(C)(=O)=O. The van der Waals surface area contributed by atoms with Gasteiger partial charge in [-0.3, -0.25) is 9.52 Å². The molecule has 8 heteroatoms. The molecule has 0 saturated heterocycles. The van der Waals surface area contributed by atoms with Crippen LogP contribution >= 0.6 is 0 Å². The first kappa shape index (κ1) is 21.2. The molecule has 0 bridgehead atoms. The van der Waals surface area contributed by atoms with Gasteiger partial charge in [-0.1, -0.05) is 48.5 Å². The second-order valence-corrected chi connectivity index (χ2v) is 8.25. The van der Waals surface area contributed by atoms with Crippen molar-refractivity contribution < 1.29 is 22.7 Å². The van der Waals surface area contributed by atoms with Gasteiger partial charge in [0, 0.05) is 17.3 Å². The maximum Gasteiger partial charge on any atom is 0.270 e. The van der Waals surface area contributed by atoms with Gasteiger partial charge in [0.15, 0.2) is 0 Å². The van der Waals surface area contributed by atoms with Crippen molar-refractivity contribution in [1.29, 1.82) is 0 Å². The number of methoxy groups -OCH3 is 1. The standard InChI is InChI=1S/C22H22N2O5S/c1-28-20-15-17(13-14-19(20)24-30(2,26)27)23-22(25)21(16-9-5-3-6-10-16)29-18-11-7-4-8-12-18/h3-15,21,24H,1-2H3,(H,23,25). The first-order valence-electron chi connectivity index (χ1n) is 9.09. The normalized spacial score (nSPS) is 11.9. The quantitative estimate of drug-likeness (QED) is 0.571. The Labute approximate surface area is 175 Å². The van der Waals surface area contributed by atoms with Crippen LogP contribution in [0.3, 0.4) is 0 Å². The number of carbonyl (C=O) groups is 1. The topological polar surface area (TPSA) is 93.7 Å². The minimum absolute atomic E-state index is 0.276. The van der Waals surface area contributed by atoms with Crippen molar-refractivity contribution in [3.8, 4) is 11.5 Å². The fourth-order valence-corrected chi connectivity index (χ4v) is 3.36. The van der Waals surface area contributed by atoms with Crippen LogP contribution in [-0.4, -0.2) is 27.7 Å². The van der Waals surface area contributed by atoms with Crippen LogP contribution in [0, 0.1) is 0 Å². The molecule has 156 valence electrons. The first-order chi connectivity index (χ1) is 14.4. The van der Waals surface area contributed by atoms with Crippen LogP contribution in [0.2, 0.25) is 0 Å². The van der Waals surface area contributed by atoms with E-state index in [2.05, 4.69) is 10.0 Å². The van der Waals surface area contributed by atoms with Crippen molar-refractivity contribution in [2.75, 3.05) is 23.4 Å². The van der Waals surface area contributed by atoms with Gasteiger partial charge in [0.2, 0.25) is 16.1 Å². The third-order valence-electron chi connectivity index (χ3n) is 4.10. The summed E-state index contributed by atoms with van der Waals surface area (Å²) >= 11 is 0. The lowest BCUT2D eigenvalue weighted by atomic mass is 10.1. The van der Waals surface area contributed by atoms with Gasteiger partial charge in [0.25, 0.3) is 5.91 Å². The highest BCUT2D eigenvalue weighted by Gasteiger charge is 2.23. The average Bonchev–Trinajstić information content (AvgIpc) is 2.73. The van der Waals surface area contributed by atoms with E-state index in [9.17, 15) is 13.2 Å². The molecule has 0 aliphatic rings. The zero-order valence-electron chi connectivity index (χ0n) is 16.5. The van der Waals surface area contributed by atoms with Crippen molar-refractivity contribution in [1.82, 2.24) is 0 Å². The summed E-state index contributed by atoms with van der Waals surface area (Å²) in [4.78, 5) is 13.0. The number of hydrogen-bond donors (Lipinski definition) is 2. The van der Waals surface area contributed by atoms with Crippen molar-refractivity contribution in [3.63, 3.8) is 0 Å². The van der Waals surface area contributed by atoms with Gasteiger partial charge in [-0.2, -0.15) is 0 Å². The van der Waals surface area contributed by atoms with E-state index in [0.717, 1.165) is 6.26 Å². The Kier molecular flexibility index (Phi) is 6.58. The molecule has 0 radical (unpaired) electrons. The van der Waals surface area contributed by atoms with Crippen LogP contribution in [0.5, 0.6) is 11.5 Å². The number of amides is 1. The van der Waals surface area contributed by atoms with E-state index in [1.54, 1.807) is 18.2 Å². The molecule has 3 aromatic rings. The lowest BCUT2D eigenvalue weighted by molar-refractivity contribution is -0.123. The predicted octanol–water partition coefficient (Wildman–Crippen LogP) is 3.83. The van der Waals surface area contributed by atoms with Gasteiger partial charge in [-0.25, -0.2) is 8.42 Å². The average molecular weight is 426 g/mol. The van der Waals surface area contributed by atoms with E-state index in [0.29, 0.717) is 17.0 Å². The summed E-state index contributed by atoms with van der Waals surface area (Å²) in [5.74, 6) is 0.459. The molecule has 0 heterocycles. The number of nitrogens with one attached hydrogen (secondary N) is 2. The molecule has 0 aromatic heterocycles. The van der Waals surface area contributed by atoms with Crippen molar-refractivity contribution in [2.24, 2.45) is 0 Å². The Balaban J connectivity index is 1.85. The van der Waals surface area contributed by atoms with Crippen molar-refractivity contribution in [2.45, 2.75) is 6.10 Å². The maximum atomic E-state index is 13.0. The third-order valence-corrected chi connectivity index (χ3v) is 4.69. The van der Waals surface area contributed by atoms with E-state index >= 15 is 0 Å². The molecule has 1 unspecified atom stereocenters. The minimum atomic E-state index is -3.47. The summed E-state index contributed by atoms with van der Waals surface area (Å²) in [5, 5.41) is 2.80. The summed E-state index contributed by atoms with van der Waals surface area (Å²) in [6.45, 7) is 0. The summed E-state index contributed by atoms with van der Waals surface area (Å²) in [7, 11) is -2.05. The van der Waals surface area contributed by atoms with Gasteiger partial charge >= 0.3 is 0 Å². The van der Waals surface area contributed by atoms with Crippen LogP contribution in [0.4, 0.5) is 11.4 Å². The molecule has 0 spiro atoms. The molecule has 0 aliphatic carbocycles. The van der Waals surface area contributed by atoms with E-state index in [4.69, 9.17) is 9.47 Å². The lowest BCUT2D eigenvalue weighted by Gasteiger charge is -2.20. The lowest BCUT2D eigenvalue weighted by Crippen LogP contribution is -2.25. The second-order valence-electron chi connectivity index (χ2n) is 6.50. The molecule has 1 amide bonds. The number of anilines is 2. The number of carbonyl (C=O) groups excluding carboxylic acids is 1. The summed E-state index contributed by atoms with van der Waals surface area (Å²) in [5.41, 5.74) is 1.41. The van der Waals surface area contributed by atoms with Gasteiger partial charge < -0.3 is 14.8 Å². The van der Waals surface area contributed by atoms with E-state index in [1.807, 2.05) is 48.5 Å². The van der Waals surface area contributed by atoms with Crippen LogP contribution < -0.4 is 19.5 Å². The molecule has 0 aliphatic heterocycles. The molecule has 7 nitrogen and oxygen atoms in total. The van der Waals surface area contributed by atoms with Gasteiger partial charge in [-0.15, -0.1) is 0 Å². The van der Waals surface area contributed by atoms with Crippen molar-refractivity contribution >= 4 is 27.3 Å². The highest BCUT2D eigenvalue weighted by molar-refractivity contribution is 7.92. The van der Waals surface area contributed by atoms with Crippen molar-refractivity contribution in [3.05, 3.63) is 84.4 Å². The Morgan fingerprint density at radius 2 is 1.57 bits per heavy atom. The molecular weight excluding hydrogens is 404 g/mol. The molecule has 0 fully saturated rings. The van der Waals surface area contributed by atoms with Crippen LogP contribution in [-0.2, 0) is 14.8 Å². The summed E-state index contributed by atoms with van der Waals surface area (Å²) in [6.07, 6.45) is 0.168. The van der Waals surface area contributed by atoms with Crippen LogP contribution in [0.15, 0.2) is 78.9 Å². The van der Waals surface area contributed by atoms with Crippen LogP contribution in [0.25, 0.3) is 0 Å². The Morgan fingerprint density at radius 3 is 2.17 bits per heavy atom. The molecule has 3 aromatic carbocycles. The fourth-order valence-electron chi connectivity index (χ4n) is 2.80. The molecule has 3 rings (SSSR count). The Hall–Kier alpha value is -3.52. The smallest absolute Gasteiger partial charge is 0.270 e. The predicted molar refractivity (Wildman–Crippen MR) is 116 cm³/mol. The maximum absolute atomic E-state index is 13.0. The Morgan fingerprint density at radius 1 is 0.933 bits per heavy atom. The fraction of sp³-hybridized carbons (Fsp3) is 0.136. The number of ether oxygens (including phenoxy) is 2. The number of benzene rings is 3. The molecule has 0 saturated carbocycles. The highest BCUT2D eigenvalue weighted by atomic mass is 32.2.